The standard InChI is InChI=1S/C13H11Cl2N3O2S/c14-9-3-7(4-10(15)12(9)20)17-11(19)5-8-6-21-13-16-1-2-18(8)13/h3-4,6,20H,1-2,5H2,(H,17,19). The zero-order valence-electron chi connectivity index (χ0n) is 10.8. The van der Waals surface area contributed by atoms with Crippen molar-refractivity contribution in [1.29, 1.82) is 0 Å². The number of carbonyl (C=O) groups is 1. The fraction of sp³-hybridized carbons (Fsp3) is 0.231. The minimum Gasteiger partial charge on any atom is -0.505 e. The fourth-order valence-corrected chi connectivity index (χ4v) is 3.56. The molecule has 0 atom stereocenters. The van der Waals surface area contributed by atoms with E-state index < -0.39 is 0 Å². The number of halogens is 2. The molecule has 0 radical (unpaired) electrons. The molecule has 0 aliphatic carbocycles. The summed E-state index contributed by atoms with van der Waals surface area (Å²) in [5, 5.41) is 15.3. The lowest BCUT2D eigenvalue weighted by molar-refractivity contribution is -0.115. The van der Waals surface area contributed by atoms with Gasteiger partial charge in [0, 0.05) is 17.9 Å². The van der Waals surface area contributed by atoms with Gasteiger partial charge in [-0.25, -0.2) is 0 Å². The van der Waals surface area contributed by atoms with Crippen LogP contribution in [0.3, 0.4) is 0 Å². The number of hydrogen-bond acceptors (Lipinski definition) is 5. The average Bonchev–Trinajstić information content (AvgIpc) is 3.01. The lowest BCUT2D eigenvalue weighted by Crippen LogP contribution is -2.24. The number of fused-ring (bicyclic) bond motifs is 1. The molecular weight excluding hydrogens is 333 g/mol. The molecule has 3 rings (SSSR count). The maximum Gasteiger partial charge on any atom is 0.230 e. The molecule has 2 aliphatic heterocycles. The van der Waals surface area contributed by atoms with Crippen LogP contribution in [0.2, 0.25) is 10.0 Å². The Morgan fingerprint density at radius 3 is 2.86 bits per heavy atom. The minimum absolute atomic E-state index is 0.0994. The number of carbonyl (C=O) groups excluding carboxylic acids is 1. The molecule has 5 nitrogen and oxygen atoms in total. The Labute approximate surface area is 135 Å². The smallest absolute Gasteiger partial charge is 0.230 e. The van der Waals surface area contributed by atoms with E-state index in [1.54, 1.807) is 0 Å². The number of benzene rings is 1. The highest BCUT2D eigenvalue weighted by Gasteiger charge is 2.27. The molecule has 21 heavy (non-hydrogen) atoms. The molecule has 0 fully saturated rings. The number of nitrogens with one attached hydrogen (secondary N) is 1. The highest BCUT2D eigenvalue weighted by molar-refractivity contribution is 8.16. The maximum atomic E-state index is 12.1. The van der Waals surface area contributed by atoms with Gasteiger partial charge in [0.15, 0.2) is 10.9 Å². The molecule has 1 aromatic rings. The number of thioether (sulfide) groups is 1. The number of phenolic OH excluding ortho intramolecular Hbond substituents is 1. The maximum absolute atomic E-state index is 12.1. The Hall–Kier alpha value is -1.37. The Kier molecular flexibility index (Phi) is 4.01. The number of rotatable bonds is 3. The number of amidine groups is 1. The van der Waals surface area contributed by atoms with E-state index in [1.807, 2.05) is 10.3 Å². The summed E-state index contributed by atoms with van der Waals surface area (Å²) >= 11 is 13.2. The van der Waals surface area contributed by atoms with Gasteiger partial charge in [0.2, 0.25) is 5.91 Å². The molecule has 2 N–H and O–H groups in total. The molecule has 0 saturated carbocycles. The van der Waals surface area contributed by atoms with E-state index in [0.29, 0.717) is 5.69 Å². The molecule has 8 heteroatoms. The third kappa shape index (κ3) is 2.97. The van der Waals surface area contributed by atoms with Crippen molar-refractivity contribution < 1.29 is 9.90 Å². The second-order valence-electron chi connectivity index (χ2n) is 4.56. The first-order chi connectivity index (χ1) is 10.0. The summed E-state index contributed by atoms with van der Waals surface area (Å²) in [6.45, 7) is 1.59. The Morgan fingerprint density at radius 2 is 2.14 bits per heavy atom. The quantitative estimate of drug-likeness (QED) is 0.826. The molecule has 0 unspecified atom stereocenters. The van der Waals surface area contributed by atoms with Gasteiger partial charge in [0.25, 0.3) is 0 Å². The van der Waals surface area contributed by atoms with E-state index in [4.69, 9.17) is 23.2 Å². The van der Waals surface area contributed by atoms with Crippen LogP contribution in [0.15, 0.2) is 28.2 Å². The average molecular weight is 344 g/mol. The summed E-state index contributed by atoms with van der Waals surface area (Å²) in [6.07, 6.45) is 0.252. The first kappa shape index (κ1) is 14.6. The number of nitrogens with zero attached hydrogens (tertiary/aromatic N) is 2. The molecule has 0 bridgehead atoms. The number of aliphatic imine (C=N–C) groups is 1. The number of phenols is 1. The monoisotopic (exact) mass is 343 g/mol. The van der Waals surface area contributed by atoms with Crippen LogP contribution in [0.4, 0.5) is 5.69 Å². The molecule has 0 aromatic heterocycles. The van der Waals surface area contributed by atoms with E-state index in [-0.39, 0.29) is 28.1 Å². The zero-order chi connectivity index (χ0) is 15.0. The lowest BCUT2D eigenvalue weighted by Gasteiger charge is -2.16. The lowest BCUT2D eigenvalue weighted by atomic mass is 10.2. The van der Waals surface area contributed by atoms with Crippen molar-refractivity contribution >= 4 is 51.7 Å². The molecule has 1 aromatic carbocycles. The van der Waals surface area contributed by atoms with Crippen molar-refractivity contribution in [3.8, 4) is 5.75 Å². The summed E-state index contributed by atoms with van der Waals surface area (Å²) in [7, 11) is 0. The SMILES string of the molecule is O=C(CC1=CSC2=NCCN12)Nc1cc(Cl)c(O)c(Cl)c1. The molecule has 0 saturated heterocycles. The van der Waals surface area contributed by atoms with Gasteiger partial charge < -0.3 is 15.3 Å². The van der Waals surface area contributed by atoms with Crippen LogP contribution in [0, 0.1) is 0 Å². The molecule has 2 heterocycles. The summed E-state index contributed by atoms with van der Waals surface area (Å²) in [4.78, 5) is 18.5. The molecule has 1 amide bonds. The number of hydrogen-bond donors (Lipinski definition) is 2. The predicted octanol–water partition coefficient (Wildman–Crippen LogP) is 3.29. The highest BCUT2D eigenvalue weighted by Crippen LogP contribution is 2.35. The van der Waals surface area contributed by atoms with Crippen molar-refractivity contribution in [3.05, 3.63) is 33.3 Å². The fourth-order valence-electron chi connectivity index (χ4n) is 2.12. The Bertz CT molecular complexity index is 652. The molecular formula is C13H11Cl2N3O2S. The van der Waals surface area contributed by atoms with Crippen molar-refractivity contribution in [1.82, 2.24) is 4.90 Å². The molecule has 2 aliphatic rings. The van der Waals surface area contributed by atoms with Gasteiger partial charge in [-0.05, 0) is 17.5 Å². The van der Waals surface area contributed by atoms with Gasteiger partial charge >= 0.3 is 0 Å². The normalized spacial score (nSPS) is 16.6. The summed E-state index contributed by atoms with van der Waals surface area (Å²) in [5.41, 5.74) is 1.39. The van der Waals surface area contributed by atoms with E-state index in [2.05, 4.69) is 10.3 Å². The largest absolute Gasteiger partial charge is 0.505 e. The van der Waals surface area contributed by atoms with Crippen LogP contribution in [-0.4, -0.2) is 34.2 Å². The van der Waals surface area contributed by atoms with Crippen molar-refractivity contribution in [3.63, 3.8) is 0 Å². The second kappa shape index (κ2) is 5.79. The Morgan fingerprint density at radius 1 is 1.43 bits per heavy atom. The first-order valence-corrected chi connectivity index (χ1v) is 7.83. The van der Waals surface area contributed by atoms with E-state index in [9.17, 15) is 9.90 Å². The minimum atomic E-state index is -0.191. The Balaban J connectivity index is 1.66. The van der Waals surface area contributed by atoms with Gasteiger partial charge in [0.1, 0.15) is 0 Å². The van der Waals surface area contributed by atoms with Crippen LogP contribution in [0.25, 0.3) is 0 Å². The van der Waals surface area contributed by atoms with Crippen LogP contribution in [-0.2, 0) is 4.79 Å². The van der Waals surface area contributed by atoms with Gasteiger partial charge in [-0.3, -0.25) is 9.79 Å². The summed E-state index contributed by atoms with van der Waals surface area (Å²) in [6, 6.07) is 2.92. The zero-order valence-corrected chi connectivity index (χ0v) is 13.1. The topological polar surface area (TPSA) is 64.9 Å². The van der Waals surface area contributed by atoms with Gasteiger partial charge in [-0.1, -0.05) is 35.0 Å². The number of anilines is 1. The summed E-state index contributed by atoms with van der Waals surface area (Å²) < 4.78 is 0. The van der Waals surface area contributed by atoms with Crippen molar-refractivity contribution in [2.75, 3.05) is 18.4 Å². The third-order valence-electron chi connectivity index (χ3n) is 3.09. The number of amides is 1. The summed E-state index contributed by atoms with van der Waals surface area (Å²) in [5.74, 6) is -0.364. The van der Waals surface area contributed by atoms with Crippen LogP contribution in [0.5, 0.6) is 5.75 Å². The first-order valence-electron chi connectivity index (χ1n) is 6.20. The van der Waals surface area contributed by atoms with Crippen molar-refractivity contribution in [2.45, 2.75) is 6.42 Å². The third-order valence-corrected chi connectivity index (χ3v) is 4.62. The second-order valence-corrected chi connectivity index (χ2v) is 6.21. The van der Waals surface area contributed by atoms with Gasteiger partial charge in [-0.2, -0.15) is 0 Å². The highest BCUT2D eigenvalue weighted by atomic mass is 35.5. The van der Waals surface area contributed by atoms with Gasteiger partial charge in [-0.15, -0.1) is 0 Å². The molecule has 110 valence electrons. The van der Waals surface area contributed by atoms with E-state index in [0.717, 1.165) is 24.0 Å². The molecule has 0 spiro atoms. The van der Waals surface area contributed by atoms with Crippen LogP contribution < -0.4 is 5.32 Å². The van der Waals surface area contributed by atoms with Crippen molar-refractivity contribution in [2.24, 2.45) is 4.99 Å². The predicted molar refractivity (Wildman–Crippen MR) is 86.1 cm³/mol. The van der Waals surface area contributed by atoms with E-state index in [1.165, 1.54) is 23.9 Å². The van der Waals surface area contributed by atoms with Gasteiger partial charge in [0.05, 0.1) is 23.0 Å². The number of aromatic hydroxyl groups is 1. The van der Waals surface area contributed by atoms with Crippen LogP contribution in [0.1, 0.15) is 6.42 Å². The van der Waals surface area contributed by atoms with Crippen LogP contribution >= 0.6 is 35.0 Å². The van der Waals surface area contributed by atoms with E-state index >= 15 is 0 Å².